The summed E-state index contributed by atoms with van der Waals surface area (Å²) in [5, 5.41) is 28.7. The van der Waals surface area contributed by atoms with Crippen LogP contribution in [0.25, 0.3) is 11.1 Å². The second-order valence-corrected chi connectivity index (χ2v) is 5.42. The van der Waals surface area contributed by atoms with Crippen LogP contribution in [0.4, 0.5) is 5.82 Å². The van der Waals surface area contributed by atoms with Crippen molar-refractivity contribution in [2.75, 3.05) is 11.5 Å². The van der Waals surface area contributed by atoms with Crippen molar-refractivity contribution in [3.05, 3.63) is 35.4 Å². The van der Waals surface area contributed by atoms with Crippen LogP contribution in [0.2, 0.25) is 0 Å². The number of anilines is 1. The quantitative estimate of drug-likeness (QED) is 0.718. The molecule has 1 aromatic carbocycles. The van der Waals surface area contributed by atoms with Crippen molar-refractivity contribution < 1.29 is 9.90 Å². The smallest absolute Gasteiger partial charge is 0.227 e. The minimum absolute atomic E-state index is 0.0167. The summed E-state index contributed by atoms with van der Waals surface area (Å²) >= 11 is 0.966. The molecule has 2 aromatic rings. The average Bonchev–Trinajstić information content (AvgIpc) is 2.52. The monoisotopic (exact) mass is 325 g/mol. The van der Waals surface area contributed by atoms with Crippen LogP contribution in [0.1, 0.15) is 11.1 Å². The van der Waals surface area contributed by atoms with Crippen molar-refractivity contribution in [1.82, 2.24) is 4.98 Å². The van der Waals surface area contributed by atoms with Crippen LogP contribution in [0.5, 0.6) is 5.75 Å². The van der Waals surface area contributed by atoms with E-state index in [-0.39, 0.29) is 39.0 Å². The summed E-state index contributed by atoms with van der Waals surface area (Å²) in [7, 11) is 0. The van der Waals surface area contributed by atoms with Gasteiger partial charge in [-0.15, -0.1) is 0 Å². The number of carbonyl (C=O) groups excluding carboxylic acids is 1. The van der Waals surface area contributed by atoms with E-state index < -0.39 is 5.91 Å². The molecule has 1 amide bonds. The van der Waals surface area contributed by atoms with Crippen LogP contribution in [-0.4, -0.2) is 21.8 Å². The zero-order chi connectivity index (χ0) is 17.0. The number of nitriles is 2. The van der Waals surface area contributed by atoms with Crippen molar-refractivity contribution in [1.29, 1.82) is 10.5 Å². The molecule has 0 radical (unpaired) electrons. The number of hydrogen-bond donors (Lipinski definition) is 3. The molecule has 1 aromatic heterocycles. The lowest BCUT2D eigenvalue weighted by atomic mass is 9.97. The maximum absolute atomic E-state index is 11.0. The van der Waals surface area contributed by atoms with Gasteiger partial charge in [0, 0.05) is 5.56 Å². The van der Waals surface area contributed by atoms with Gasteiger partial charge in [-0.1, -0.05) is 23.9 Å². The van der Waals surface area contributed by atoms with Gasteiger partial charge in [-0.2, -0.15) is 10.5 Å². The number of amides is 1. The molecule has 1 heterocycles. The van der Waals surface area contributed by atoms with Gasteiger partial charge < -0.3 is 16.6 Å². The molecule has 0 aliphatic heterocycles. The second-order valence-electron chi connectivity index (χ2n) is 4.46. The van der Waals surface area contributed by atoms with E-state index in [1.807, 2.05) is 12.1 Å². The Labute approximate surface area is 136 Å². The van der Waals surface area contributed by atoms with Crippen LogP contribution < -0.4 is 11.5 Å². The molecule has 0 fully saturated rings. The Morgan fingerprint density at radius 3 is 2.57 bits per heavy atom. The number of thioether (sulfide) groups is 1. The molecule has 0 saturated carbocycles. The Hall–Kier alpha value is -3.23. The number of benzene rings is 1. The number of pyridine rings is 1. The molecule has 2 rings (SSSR count). The van der Waals surface area contributed by atoms with Crippen LogP contribution in [0, 0.1) is 22.7 Å². The Balaban J connectivity index is 2.74. The third kappa shape index (κ3) is 3.34. The third-order valence-corrected chi connectivity index (χ3v) is 3.90. The van der Waals surface area contributed by atoms with E-state index in [1.54, 1.807) is 12.1 Å². The van der Waals surface area contributed by atoms with Crippen LogP contribution in [0.3, 0.4) is 0 Å². The van der Waals surface area contributed by atoms with E-state index >= 15 is 0 Å². The number of primary amides is 1. The Morgan fingerprint density at radius 2 is 2.00 bits per heavy atom. The average molecular weight is 325 g/mol. The van der Waals surface area contributed by atoms with Gasteiger partial charge in [-0.05, 0) is 17.7 Å². The maximum atomic E-state index is 11.0. The Bertz CT molecular complexity index is 867. The van der Waals surface area contributed by atoms with Crippen LogP contribution >= 0.6 is 11.8 Å². The highest BCUT2D eigenvalue weighted by atomic mass is 32.2. The fourth-order valence-corrected chi connectivity index (χ4v) is 2.73. The first-order valence-electron chi connectivity index (χ1n) is 6.32. The molecular formula is C15H11N5O2S. The van der Waals surface area contributed by atoms with Crippen molar-refractivity contribution in [3.8, 4) is 29.0 Å². The van der Waals surface area contributed by atoms with Gasteiger partial charge in [-0.3, -0.25) is 4.79 Å². The van der Waals surface area contributed by atoms with Crippen LogP contribution in [0.15, 0.2) is 29.3 Å². The molecule has 23 heavy (non-hydrogen) atoms. The normalized spacial score (nSPS) is 9.83. The molecule has 5 N–H and O–H groups in total. The molecule has 0 unspecified atom stereocenters. The largest absolute Gasteiger partial charge is 0.508 e. The fraction of sp³-hybridized carbons (Fsp3) is 0.0667. The first-order valence-corrected chi connectivity index (χ1v) is 7.30. The van der Waals surface area contributed by atoms with E-state index in [4.69, 9.17) is 11.5 Å². The van der Waals surface area contributed by atoms with Gasteiger partial charge >= 0.3 is 0 Å². The number of hydrogen-bond acceptors (Lipinski definition) is 7. The lowest BCUT2D eigenvalue weighted by Gasteiger charge is -2.12. The summed E-state index contributed by atoms with van der Waals surface area (Å²) < 4.78 is 0. The van der Waals surface area contributed by atoms with Gasteiger partial charge in [0.05, 0.1) is 11.3 Å². The van der Waals surface area contributed by atoms with Gasteiger partial charge in [0.1, 0.15) is 34.3 Å². The molecular weight excluding hydrogens is 314 g/mol. The molecule has 0 bridgehead atoms. The number of nitrogens with zero attached hydrogens (tertiary/aromatic N) is 3. The highest BCUT2D eigenvalue weighted by molar-refractivity contribution is 8.00. The van der Waals surface area contributed by atoms with E-state index in [1.165, 1.54) is 12.1 Å². The maximum Gasteiger partial charge on any atom is 0.227 e. The van der Waals surface area contributed by atoms with Gasteiger partial charge in [-0.25, -0.2) is 4.98 Å². The topological polar surface area (TPSA) is 150 Å². The molecule has 114 valence electrons. The van der Waals surface area contributed by atoms with Crippen molar-refractivity contribution in [2.24, 2.45) is 5.73 Å². The number of carbonyl (C=O) groups is 1. The SMILES string of the molecule is N#Cc1c(N)nc(SCC(N)=O)c(C#N)c1-c1cccc(O)c1. The zero-order valence-corrected chi connectivity index (χ0v) is 12.6. The summed E-state index contributed by atoms with van der Waals surface area (Å²) in [5.74, 6) is -0.719. The highest BCUT2D eigenvalue weighted by Crippen LogP contribution is 2.36. The molecule has 0 saturated heterocycles. The number of phenolic OH excluding ortho intramolecular Hbond substituents is 1. The summed E-state index contributed by atoms with van der Waals surface area (Å²) in [6.07, 6.45) is 0. The molecule has 7 nitrogen and oxygen atoms in total. The molecule has 8 heteroatoms. The standard InChI is InChI=1S/C15H11N5O2S/c16-5-10-13(8-2-1-3-9(21)4-8)11(6-17)15(20-14(10)19)23-7-12(18)22/h1-4,21H,7H2,(H2,18,22)(H2,19,20). The molecule has 0 aliphatic rings. The number of rotatable bonds is 4. The number of aromatic nitrogens is 1. The highest BCUT2D eigenvalue weighted by Gasteiger charge is 2.21. The van der Waals surface area contributed by atoms with Crippen LogP contribution in [-0.2, 0) is 4.79 Å². The number of nitrogen functional groups attached to an aromatic ring is 1. The minimum Gasteiger partial charge on any atom is -0.508 e. The second kappa shape index (κ2) is 6.69. The van der Waals surface area contributed by atoms with Crippen molar-refractivity contribution in [2.45, 2.75) is 5.03 Å². The van der Waals surface area contributed by atoms with Gasteiger partial charge in [0.15, 0.2) is 0 Å². The van der Waals surface area contributed by atoms with Crippen molar-refractivity contribution >= 4 is 23.5 Å². The predicted octanol–water partition coefficient (Wildman–Crippen LogP) is 1.36. The van der Waals surface area contributed by atoms with E-state index in [2.05, 4.69) is 4.98 Å². The number of phenols is 1. The van der Waals surface area contributed by atoms with Gasteiger partial charge in [0.2, 0.25) is 5.91 Å². The van der Waals surface area contributed by atoms with Crippen molar-refractivity contribution in [3.63, 3.8) is 0 Å². The summed E-state index contributed by atoms with van der Waals surface area (Å²) in [4.78, 5) is 15.0. The van der Waals surface area contributed by atoms with E-state index in [0.29, 0.717) is 5.56 Å². The summed E-state index contributed by atoms with van der Waals surface area (Å²) in [5.41, 5.74) is 11.8. The molecule has 0 atom stereocenters. The van der Waals surface area contributed by atoms with E-state index in [0.717, 1.165) is 11.8 Å². The summed E-state index contributed by atoms with van der Waals surface area (Å²) in [6.45, 7) is 0. The fourth-order valence-electron chi connectivity index (χ4n) is 1.99. The third-order valence-electron chi connectivity index (χ3n) is 2.90. The first-order chi connectivity index (χ1) is 11.0. The first kappa shape index (κ1) is 16.1. The van der Waals surface area contributed by atoms with Gasteiger partial charge in [0.25, 0.3) is 0 Å². The molecule has 0 spiro atoms. The lowest BCUT2D eigenvalue weighted by Crippen LogP contribution is -2.13. The number of nitrogens with two attached hydrogens (primary N) is 2. The molecule has 0 aliphatic carbocycles. The minimum atomic E-state index is -0.567. The summed E-state index contributed by atoms with van der Waals surface area (Å²) in [6, 6.07) is 10.0. The predicted molar refractivity (Wildman–Crippen MR) is 85.1 cm³/mol. The zero-order valence-electron chi connectivity index (χ0n) is 11.8. The lowest BCUT2D eigenvalue weighted by molar-refractivity contribution is -0.115. The number of aromatic hydroxyl groups is 1. The Morgan fingerprint density at radius 1 is 1.30 bits per heavy atom. The van der Waals surface area contributed by atoms with E-state index in [9.17, 15) is 20.4 Å². The Kier molecular flexibility index (Phi) is 4.69.